The third-order valence-corrected chi connectivity index (χ3v) is 2.60. The molecule has 70 valence electrons. The van der Waals surface area contributed by atoms with Gasteiger partial charge in [0.15, 0.2) is 0 Å². The first kappa shape index (κ1) is 9.85. The van der Waals surface area contributed by atoms with E-state index < -0.39 is 12.0 Å². The Balaban J connectivity index is 2.54. The summed E-state index contributed by atoms with van der Waals surface area (Å²) in [5, 5.41) is 13.2. The van der Waals surface area contributed by atoms with E-state index in [1.54, 1.807) is 6.07 Å². The van der Waals surface area contributed by atoms with Gasteiger partial charge in [0.1, 0.15) is 6.04 Å². The highest BCUT2D eigenvalue weighted by Gasteiger charge is 2.14. The maximum Gasteiger partial charge on any atom is 0.303 e. The molecule has 13 heavy (non-hydrogen) atoms. The van der Waals surface area contributed by atoms with Gasteiger partial charge >= 0.3 is 5.97 Å². The number of nitrogens with zero attached hydrogens (tertiary/aromatic N) is 1. The summed E-state index contributed by atoms with van der Waals surface area (Å²) in [5.41, 5.74) is 0. The fourth-order valence-corrected chi connectivity index (χ4v) is 1.78. The summed E-state index contributed by atoms with van der Waals surface area (Å²) in [5.74, 6) is -0.898. The number of carbonyl (C=O) groups is 1. The van der Waals surface area contributed by atoms with Gasteiger partial charge in [0.25, 0.3) is 0 Å². The third-order valence-electron chi connectivity index (χ3n) is 1.63. The van der Waals surface area contributed by atoms with Crippen LogP contribution >= 0.6 is 11.3 Å². The average molecular weight is 199 g/mol. The monoisotopic (exact) mass is 199 g/mol. The van der Waals surface area contributed by atoms with Gasteiger partial charge in [0, 0.05) is 11.3 Å². The molecule has 1 unspecified atom stereocenters. The number of nitroso groups, excluding NO2 is 1. The number of hydrogen-bond donors (Lipinski definition) is 1. The lowest BCUT2D eigenvalue weighted by Crippen LogP contribution is -1.99. The van der Waals surface area contributed by atoms with Crippen molar-refractivity contribution >= 4 is 17.3 Å². The summed E-state index contributed by atoms with van der Waals surface area (Å²) in [4.78, 5) is 21.5. The van der Waals surface area contributed by atoms with Gasteiger partial charge in [-0.3, -0.25) is 4.79 Å². The Hall–Kier alpha value is -1.23. The second-order valence-corrected chi connectivity index (χ2v) is 3.55. The average Bonchev–Trinajstić information content (AvgIpc) is 2.58. The minimum atomic E-state index is -0.898. The molecule has 0 aliphatic carbocycles. The Kier molecular flexibility index (Phi) is 3.57. The van der Waals surface area contributed by atoms with Crippen molar-refractivity contribution in [1.29, 1.82) is 0 Å². The lowest BCUT2D eigenvalue weighted by atomic mass is 10.1. The zero-order valence-corrected chi connectivity index (χ0v) is 7.66. The third kappa shape index (κ3) is 2.95. The van der Waals surface area contributed by atoms with Crippen LogP contribution in [0.15, 0.2) is 22.7 Å². The van der Waals surface area contributed by atoms with Crippen LogP contribution in [0.5, 0.6) is 0 Å². The maximum atomic E-state index is 10.4. The summed E-state index contributed by atoms with van der Waals surface area (Å²) in [6.45, 7) is 0. The van der Waals surface area contributed by atoms with Gasteiger partial charge in [-0.2, -0.15) is 4.91 Å². The van der Waals surface area contributed by atoms with E-state index in [4.69, 9.17) is 5.11 Å². The highest BCUT2D eigenvalue weighted by atomic mass is 32.1. The fraction of sp³-hybridized carbons (Fsp3) is 0.375. The molecule has 4 nitrogen and oxygen atoms in total. The standard InChI is InChI=1S/C8H9NO3S/c10-8(11)4-3-6(9-12)7-2-1-5-13-7/h1-2,5-6H,3-4H2,(H,10,11). The largest absolute Gasteiger partial charge is 0.481 e. The van der Waals surface area contributed by atoms with Gasteiger partial charge in [-0.05, 0) is 17.9 Å². The van der Waals surface area contributed by atoms with E-state index in [9.17, 15) is 9.70 Å². The zero-order valence-electron chi connectivity index (χ0n) is 6.84. The predicted molar refractivity (Wildman–Crippen MR) is 49.7 cm³/mol. The van der Waals surface area contributed by atoms with Crippen LogP contribution in [-0.2, 0) is 4.79 Å². The van der Waals surface area contributed by atoms with Gasteiger partial charge in [0.2, 0.25) is 0 Å². The number of rotatable bonds is 5. The molecular formula is C8H9NO3S. The van der Waals surface area contributed by atoms with Crippen molar-refractivity contribution in [2.75, 3.05) is 0 Å². The molecule has 1 aromatic heterocycles. The number of carboxylic acids is 1. The van der Waals surface area contributed by atoms with Crippen LogP contribution in [0.3, 0.4) is 0 Å². The molecule has 5 heteroatoms. The molecule has 1 rings (SSSR count). The number of thiophene rings is 1. The molecule has 0 aromatic carbocycles. The Morgan fingerprint density at radius 2 is 2.46 bits per heavy atom. The molecule has 0 aliphatic rings. The SMILES string of the molecule is O=NC(CCC(=O)O)c1cccs1. The molecule has 1 heterocycles. The quantitative estimate of drug-likeness (QED) is 0.740. The maximum absolute atomic E-state index is 10.4. The first-order valence-corrected chi connectivity index (χ1v) is 4.69. The van der Waals surface area contributed by atoms with Crippen LogP contribution in [0, 0.1) is 4.91 Å². The Morgan fingerprint density at radius 3 is 2.92 bits per heavy atom. The summed E-state index contributed by atoms with van der Waals surface area (Å²) in [6.07, 6.45) is 0.258. The topological polar surface area (TPSA) is 66.7 Å². The van der Waals surface area contributed by atoms with Crippen molar-refractivity contribution < 1.29 is 9.90 Å². The van der Waals surface area contributed by atoms with E-state index in [1.165, 1.54) is 11.3 Å². The van der Waals surface area contributed by atoms with Gasteiger partial charge < -0.3 is 5.11 Å². The van der Waals surface area contributed by atoms with Gasteiger partial charge in [-0.1, -0.05) is 11.2 Å². The second kappa shape index (κ2) is 4.71. The van der Waals surface area contributed by atoms with Gasteiger partial charge in [-0.15, -0.1) is 11.3 Å². The lowest BCUT2D eigenvalue weighted by molar-refractivity contribution is -0.137. The summed E-state index contributed by atoms with van der Waals surface area (Å²) >= 11 is 1.42. The van der Waals surface area contributed by atoms with E-state index in [0.29, 0.717) is 0 Å². The molecule has 1 atom stereocenters. The van der Waals surface area contributed by atoms with E-state index in [0.717, 1.165) is 4.88 Å². The molecular weight excluding hydrogens is 190 g/mol. The first-order valence-electron chi connectivity index (χ1n) is 3.81. The molecule has 0 saturated heterocycles. The molecule has 0 saturated carbocycles. The number of aliphatic carboxylic acids is 1. The Morgan fingerprint density at radius 1 is 1.69 bits per heavy atom. The van der Waals surface area contributed by atoms with Crippen LogP contribution in [0.4, 0.5) is 0 Å². The van der Waals surface area contributed by atoms with Crippen molar-refractivity contribution in [3.8, 4) is 0 Å². The van der Waals surface area contributed by atoms with Gasteiger partial charge in [0.05, 0.1) is 0 Å². The van der Waals surface area contributed by atoms with Crippen molar-refractivity contribution in [3.63, 3.8) is 0 Å². The molecule has 1 N–H and O–H groups in total. The molecule has 0 bridgehead atoms. The van der Waals surface area contributed by atoms with E-state index >= 15 is 0 Å². The molecule has 1 aromatic rings. The van der Waals surface area contributed by atoms with Crippen LogP contribution in [0.25, 0.3) is 0 Å². The van der Waals surface area contributed by atoms with E-state index in [2.05, 4.69) is 5.18 Å². The van der Waals surface area contributed by atoms with Crippen LogP contribution in [-0.4, -0.2) is 11.1 Å². The van der Waals surface area contributed by atoms with Crippen molar-refractivity contribution in [2.24, 2.45) is 5.18 Å². The predicted octanol–water partition coefficient (Wildman–Crippen LogP) is 2.42. The Bertz CT molecular complexity index is 284. The smallest absolute Gasteiger partial charge is 0.303 e. The van der Waals surface area contributed by atoms with Crippen molar-refractivity contribution in [2.45, 2.75) is 18.9 Å². The van der Waals surface area contributed by atoms with Crippen LogP contribution in [0.2, 0.25) is 0 Å². The Labute approximate surface area is 79.2 Å². The van der Waals surface area contributed by atoms with Crippen LogP contribution in [0.1, 0.15) is 23.8 Å². The molecule has 0 amide bonds. The van der Waals surface area contributed by atoms with Crippen LogP contribution < -0.4 is 0 Å². The first-order chi connectivity index (χ1) is 6.24. The van der Waals surface area contributed by atoms with Gasteiger partial charge in [-0.25, -0.2) is 0 Å². The zero-order chi connectivity index (χ0) is 9.68. The lowest BCUT2D eigenvalue weighted by Gasteiger charge is -2.03. The van der Waals surface area contributed by atoms with Crippen molar-refractivity contribution in [3.05, 3.63) is 27.3 Å². The van der Waals surface area contributed by atoms with E-state index in [1.807, 2.05) is 11.4 Å². The second-order valence-electron chi connectivity index (χ2n) is 2.57. The normalized spacial score (nSPS) is 12.3. The van der Waals surface area contributed by atoms with E-state index in [-0.39, 0.29) is 12.8 Å². The summed E-state index contributed by atoms with van der Waals surface area (Å²) in [7, 11) is 0. The fourth-order valence-electron chi connectivity index (χ4n) is 0.988. The highest BCUT2D eigenvalue weighted by Crippen LogP contribution is 2.26. The van der Waals surface area contributed by atoms with Crippen molar-refractivity contribution in [1.82, 2.24) is 0 Å². The highest BCUT2D eigenvalue weighted by molar-refractivity contribution is 7.10. The molecule has 0 aliphatic heterocycles. The minimum absolute atomic E-state index is 0.0195. The minimum Gasteiger partial charge on any atom is -0.481 e. The number of carboxylic acid groups (broad SMARTS) is 1. The summed E-state index contributed by atoms with van der Waals surface area (Å²) in [6, 6.07) is 3.11. The molecule has 0 spiro atoms. The molecule has 0 radical (unpaired) electrons. The molecule has 0 fully saturated rings. The number of hydrogen-bond acceptors (Lipinski definition) is 4. The summed E-state index contributed by atoms with van der Waals surface area (Å²) < 4.78 is 0.